The maximum Gasteiger partial charge on any atom is 0.341 e. The van der Waals surface area contributed by atoms with E-state index in [9.17, 15) is 24.5 Å². The number of thiophene rings is 2. The summed E-state index contributed by atoms with van der Waals surface area (Å²) in [4.78, 5) is 49.5. The van der Waals surface area contributed by atoms with Crippen LogP contribution in [0.1, 0.15) is 37.4 Å². The van der Waals surface area contributed by atoms with Gasteiger partial charge < -0.3 is 15.0 Å². The van der Waals surface area contributed by atoms with E-state index in [1.54, 1.807) is 27.9 Å². The van der Waals surface area contributed by atoms with Crippen LogP contribution in [0.15, 0.2) is 18.2 Å². The second kappa shape index (κ2) is 9.43. The summed E-state index contributed by atoms with van der Waals surface area (Å²) in [6.45, 7) is 3.43. The van der Waals surface area contributed by atoms with Crippen molar-refractivity contribution >= 4 is 56.5 Å². The van der Waals surface area contributed by atoms with Gasteiger partial charge in [-0.2, -0.15) is 0 Å². The van der Waals surface area contributed by atoms with E-state index in [2.05, 4.69) is 5.32 Å². The first-order valence-corrected chi connectivity index (χ1v) is 10.0. The first-order valence-electron chi connectivity index (χ1n) is 8.41. The van der Waals surface area contributed by atoms with Gasteiger partial charge in [-0.25, -0.2) is 4.79 Å². The van der Waals surface area contributed by atoms with Crippen molar-refractivity contribution in [2.24, 2.45) is 0 Å². The molecule has 29 heavy (non-hydrogen) atoms. The molecule has 0 unspecified atom stereocenters. The van der Waals surface area contributed by atoms with Crippen LogP contribution in [0.25, 0.3) is 6.08 Å². The normalized spacial score (nSPS) is 10.8. The lowest BCUT2D eigenvalue weighted by Gasteiger charge is -2.09. The molecule has 11 heteroatoms. The number of anilines is 1. The van der Waals surface area contributed by atoms with Gasteiger partial charge in [0.1, 0.15) is 5.00 Å². The van der Waals surface area contributed by atoms with Crippen LogP contribution in [0.2, 0.25) is 0 Å². The smallest absolute Gasteiger partial charge is 0.341 e. The molecule has 0 aliphatic heterocycles. The molecule has 0 spiro atoms. The van der Waals surface area contributed by atoms with Gasteiger partial charge in [-0.15, -0.1) is 11.3 Å². The van der Waals surface area contributed by atoms with Gasteiger partial charge in [-0.1, -0.05) is 11.3 Å². The lowest BCUT2D eigenvalue weighted by Crippen LogP contribution is -2.21. The number of carbonyl (C=O) groups excluding carboxylic acids is 3. The maximum absolute atomic E-state index is 12.4. The molecule has 0 aromatic carbocycles. The Labute approximate surface area is 174 Å². The standard InChI is InChI=1S/C18H19N3O6S2/c1-5-27-18(24)14-10(2)15(17(23)20(3)4)29-16(14)19-12(22)8-6-11-7-9-13(28-11)21(25)26/h6-9H,5H2,1-4H3,(H,19,22)/b8-6+. The second-order valence-corrected chi connectivity index (χ2v) is 8.05. The number of hydrogen-bond acceptors (Lipinski definition) is 8. The van der Waals surface area contributed by atoms with Crippen LogP contribution in [0.3, 0.4) is 0 Å². The molecule has 1 N–H and O–H groups in total. The molecule has 2 amide bonds. The van der Waals surface area contributed by atoms with Crippen LogP contribution in [-0.4, -0.2) is 48.3 Å². The highest BCUT2D eigenvalue weighted by Gasteiger charge is 2.27. The third-order valence-electron chi connectivity index (χ3n) is 3.66. The molecule has 0 saturated heterocycles. The number of esters is 1. The molecule has 0 saturated carbocycles. The minimum atomic E-state index is -0.632. The van der Waals surface area contributed by atoms with Crippen molar-refractivity contribution in [2.75, 3.05) is 26.0 Å². The highest BCUT2D eigenvalue weighted by molar-refractivity contribution is 7.18. The average molecular weight is 437 g/mol. The summed E-state index contributed by atoms with van der Waals surface area (Å²) in [6, 6.07) is 2.88. The highest BCUT2D eigenvalue weighted by atomic mass is 32.1. The van der Waals surface area contributed by atoms with Gasteiger partial charge in [-0.3, -0.25) is 19.7 Å². The lowest BCUT2D eigenvalue weighted by atomic mass is 10.1. The molecular formula is C18H19N3O6S2. The largest absolute Gasteiger partial charge is 0.462 e. The van der Waals surface area contributed by atoms with Crippen LogP contribution in [0.4, 0.5) is 10.0 Å². The van der Waals surface area contributed by atoms with Crippen LogP contribution in [-0.2, 0) is 9.53 Å². The summed E-state index contributed by atoms with van der Waals surface area (Å²) < 4.78 is 5.05. The summed E-state index contributed by atoms with van der Waals surface area (Å²) >= 11 is 1.92. The summed E-state index contributed by atoms with van der Waals surface area (Å²) in [6.07, 6.45) is 2.64. The molecular weight excluding hydrogens is 418 g/mol. The molecule has 2 aromatic heterocycles. The van der Waals surface area contributed by atoms with Gasteiger partial charge in [-0.05, 0) is 31.6 Å². The van der Waals surface area contributed by atoms with Crippen LogP contribution < -0.4 is 5.32 Å². The quantitative estimate of drug-likeness (QED) is 0.306. The third-order valence-corrected chi connectivity index (χ3v) is 5.85. The number of carbonyl (C=O) groups is 3. The molecule has 0 fully saturated rings. The Hall–Kier alpha value is -3.05. The zero-order valence-electron chi connectivity index (χ0n) is 16.2. The first kappa shape index (κ1) is 22.2. The van der Waals surface area contributed by atoms with Crippen molar-refractivity contribution in [3.63, 3.8) is 0 Å². The lowest BCUT2D eigenvalue weighted by molar-refractivity contribution is -0.380. The van der Waals surface area contributed by atoms with Crippen molar-refractivity contribution in [3.05, 3.63) is 49.2 Å². The van der Waals surface area contributed by atoms with Gasteiger partial charge in [0.15, 0.2) is 0 Å². The first-order chi connectivity index (χ1) is 13.6. The van der Waals surface area contributed by atoms with Gasteiger partial charge in [0, 0.05) is 31.1 Å². The van der Waals surface area contributed by atoms with Crippen molar-refractivity contribution in [2.45, 2.75) is 13.8 Å². The molecule has 0 bridgehead atoms. The molecule has 0 aliphatic rings. The molecule has 0 radical (unpaired) electrons. The van der Waals surface area contributed by atoms with E-state index in [1.165, 1.54) is 29.2 Å². The molecule has 9 nitrogen and oxygen atoms in total. The number of ether oxygens (including phenoxy) is 1. The Kier molecular flexibility index (Phi) is 7.23. The van der Waals surface area contributed by atoms with Crippen molar-refractivity contribution in [3.8, 4) is 0 Å². The zero-order chi connectivity index (χ0) is 21.7. The van der Waals surface area contributed by atoms with E-state index in [1.807, 2.05) is 0 Å². The minimum Gasteiger partial charge on any atom is -0.462 e. The van der Waals surface area contributed by atoms with Crippen LogP contribution in [0, 0.1) is 17.0 Å². The summed E-state index contributed by atoms with van der Waals surface area (Å²) in [7, 11) is 3.18. The molecule has 0 atom stereocenters. The molecule has 2 aromatic rings. The molecule has 154 valence electrons. The summed E-state index contributed by atoms with van der Waals surface area (Å²) in [5.41, 5.74) is 0.566. The van der Waals surface area contributed by atoms with Crippen molar-refractivity contribution < 1.29 is 24.0 Å². The van der Waals surface area contributed by atoms with Gasteiger partial charge >= 0.3 is 11.0 Å². The topological polar surface area (TPSA) is 119 Å². The number of hydrogen-bond donors (Lipinski definition) is 1. The van der Waals surface area contributed by atoms with Crippen molar-refractivity contribution in [1.82, 2.24) is 4.90 Å². The number of nitro groups is 1. The number of nitrogens with one attached hydrogen (secondary N) is 1. The molecule has 2 heterocycles. The fraction of sp³-hybridized carbons (Fsp3) is 0.278. The Morgan fingerprint density at radius 3 is 2.52 bits per heavy atom. The Morgan fingerprint density at radius 2 is 1.97 bits per heavy atom. The third kappa shape index (κ3) is 5.27. The van der Waals surface area contributed by atoms with E-state index in [0.717, 1.165) is 22.7 Å². The Bertz CT molecular complexity index is 990. The van der Waals surface area contributed by atoms with E-state index in [-0.39, 0.29) is 28.1 Å². The Balaban J connectivity index is 2.29. The fourth-order valence-corrected chi connectivity index (χ4v) is 4.24. The van der Waals surface area contributed by atoms with Gasteiger partial charge in [0.05, 0.1) is 22.0 Å². The SMILES string of the molecule is CCOC(=O)c1c(NC(=O)/C=C/c2ccc([N+](=O)[O-])s2)sc(C(=O)N(C)C)c1C. The van der Waals surface area contributed by atoms with E-state index >= 15 is 0 Å². The predicted molar refractivity (Wildman–Crippen MR) is 112 cm³/mol. The minimum absolute atomic E-state index is 0.0321. The van der Waals surface area contributed by atoms with Crippen LogP contribution >= 0.6 is 22.7 Å². The second-order valence-electron chi connectivity index (χ2n) is 5.94. The number of nitrogens with zero attached hydrogens (tertiary/aromatic N) is 2. The predicted octanol–water partition coefficient (Wildman–Crippen LogP) is 3.56. The van der Waals surface area contributed by atoms with E-state index in [4.69, 9.17) is 4.74 Å². The summed E-state index contributed by atoms with van der Waals surface area (Å²) in [5, 5.41) is 13.5. The highest BCUT2D eigenvalue weighted by Crippen LogP contribution is 2.34. The van der Waals surface area contributed by atoms with Crippen molar-refractivity contribution in [1.29, 1.82) is 0 Å². The maximum atomic E-state index is 12.4. The number of amides is 2. The number of rotatable bonds is 7. The van der Waals surface area contributed by atoms with E-state index in [0.29, 0.717) is 15.3 Å². The molecule has 0 aliphatic carbocycles. The van der Waals surface area contributed by atoms with E-state index < -0.39 is 16.8 Å². The monoisotopic (exact) mass is 437 g/mol. The fourth-order valence-electron chi connectivity index (χ4n) is 2.30. The van der Waals surface area contributed by atoms with Gasteiger partial charge in [0.2, 0.25) is 5.91 Å². The van der Waals surface area contributed by atoms with Crippen LogP contribution in [0.5, 0.6) is 0 Å². The summed E-state index contributed by atoms with van der Waals surface area (Å²) in [5.74, 6) is -1.47. The zero-order valence-corrected chi connectivity index (χ0v) is 17.8. The Morgan fingerprint density at radius 1 is 1.28 bits per heavy atom. The molecule has 2 rings (SSSR count). The average Bonchev–Trinajstić information content (AvgIpc) is 3.24. The van der Waals surface area contributed by atoms with Gasteiger partial charge in [0.25, 0.3) is 5.91 Å².